The van der Waals surface area contributed by atoms with E-state index in [0.29, 0.717) is 22.8 Å². The highest BCUT2D eigenvalue weighted by atomic mass is 19.1. The molecule has 172 valence electrons. The Bertz CT molecular complexity index is 1170. The van der Waals surface area contributed by atoms with Gasteiger partial charge < -0.3 is 14.6 Å². The Morgan fingerprint density at radius 1 is 1.21 bits per heavy atom. The lowest BCUT2D eigenvalue weighted by Crippen LogP contribution is -2.52. The average molecular weight is 453 g/mol. The number of aromatic nitrogens is 2. The van der Waals surface area contributed by atoms with Crippen LogP contribution in [0.15, 0.2) is 16.5 Å². The highest BCUT2D eigenvalue weighted by Gasteiger charge is 2.50. The maximum absolute atomic E-state index is 14.8. The number of anilines is 1. The van der Waals surface area contributed by atoms with Gasteiger partial charge in [-0.2, -0.15) is 0 Å². The van der Waals surface area contributed by atoms with Crippen molar-refractivity contribution in [2.75, 3.05) is 5.32 Å². The van der Waals surface area contributed by atoms with Gasteiger partial charge in [0.1, 0.15) is 11.9 Å². The van der Waals surface area contributed by atoms with Crippen molar-refractivity contribution in [1.29, 1.82) is 0 Å². The van der Waals surface area contributed by atoms with Crippen LogP contribution in [0.4, 0.5) is 10.4 Å². The van der Waals surface area contributed by atoms with Crippen LogP contribution in [0, 0.1) is 11.2 Å². The summed E-state index contributed by atoms with van der Waals surface area (Å²) in [6.07, 6.45) is 6.52. The lowest BCUT2D eigenvalue weighted by Gasteiger charge is -2.53. The fourth-order valence-electron chi connectivity index (χ4n) is 5.67. The molecule has 1 aromatic carbocycles. The molecule has 6 rings (SSSR count). The maximum atomic E-state index is 14.8. The summed E-state index contributed by atoms with van der Waals surface area (Å²) >= 11 is 0. The quantitative estimate of drug-likeness (QED) is 0.669. The molecule has 2 aliphatic heterocycles. The van der Waals surface area contributed by atoms with Gasteiger partial charge in [-0.3, -0.25) is 19.7 Å². The van der Waals surface area contributed by atoms with Gasteiger partial charge in [0.2, 0.25) is 17.7 Å². The lowest BCUT2D eigenvalue weighted by atomic mass is 9.52. The van der Waals surface area contributed by atoms with E-state index in [0.717, 1.165) is 12.8 Å². The van der Waals surface area contributed by atoms with Gasteiger partial charge in [0, 0.05) is 30.0 Å². The number of nitrogens with one attached hydrogen (secondary N) is 2. The number of nitrogens with zero attached hydrogens (tertiary/aromatic N) is 3. The smallest absolute Gasteiger partial charge is 0.315 e. The first-order valence-electron chi connectivity index (χ1n) is 11.4. The highest BCUT2D eigenvalue weighted by Crippen LogP contribution is 2.61. The molecule has 2 saturated carbocycles. The Morgan fingerprint density at radius 2 is 2.03 bits per heavy atom. The second kappa shape index (κ2) is 7.36. The average Bonchev–Trinajstić information content (AvgIpc) is 3.30. The van der Waals surface area contributed by atoms with Gasteiger partial charge in [-0.25, -0.2) is 4.39 Å². The van der Waals surface area contributed by atoms with Crippen LogP contribution in [0.3, 0.4) is 0 Å². The second-order valence-electron chi connectivity index (χ2n) is 9.76. The minimum absolute atomic E-state index is 0.00981. The van der Waals surface area contributed by atoms with E-state index in [-0.39, 0.29) is 49.0 Å². The molecule has 1 unspecified atom stereocenters. The molecular weight excluding hydrogens is 429 g/mol. The van der Waals surface area contributed by atoms with Crippen molar-refractivity contribution in [3.8, 4) is 0 Å². The normalized spacial score (nSPS) is 23.8. The van der Waals surface area contributed by atoms with Gasteiger partial charge in [0.15, 0.2) is 0 Å². The summed E-state index contributed by atoms with van der Waals surface area (Å²) in [5, 5.41) is 13.5. The Balaban J connectivity index is 1.12. The number of carbonyl (C=O) groups excluding carboxylic acids is 3. The van der Waals surface area contributed by atoms with Crippen LogP contribution in [0.25, 0.3) is 0 Å². The van der Waals surface area contributed by atoms with Crippen molar-refractivity contribution in [2.24, 2.45) is 5.41 Å². The molecule has 3 amide bonds. The van der Waals surface area contributed by atoms with Crippen molar-refractivity contribution in [3.63, 3.8) is 0 Å². The maximum Gasteiger partial charge on any atom is 0.315 e. The Morgan fingerprint density at radius 3 is 2.76 bits per heavy atom. The molecule has 9 nitrogen and oxygen atoms in total. The number of hydrogen-bond donors (Lipinski definition) is 2. The standard InChI is InChI=1S/C23H24FN5O4/c24-16-7-12(10-25-22-28-27-20(33-22)13-8-23(9-13)4-1-5-23)6-14-15(16)11-29(21(14)32)17-2-3-18(30)26-19(17)31/h6-7,13,17H,1-5,8-11H2,(H,25,28)(H,26,30,31). The summed E-state index contributed by atoms with van der Waals surface area (Å²) in [4.78, 5) is 37.9. The SMILES string of the molecule is O=C1CCC(N2Cc3c(F)cc(CNc4nnc(C5CC6(CCC6)C5)o4)cc3C2=O)C(=O)N1. The number of piperidine rings is 1. The minimum atomic E-state index is -0.772. The number of hydrogen-bond acceptors (Lipinski definition) is 7. The summed E-state index contributed by atoms with van der Waals surface area (Å²) < 4.78 is 20.6. The van der Waals surface area contributed by atoms with Gasteiger partial charge in [0.05, 0.1) is 6.54 Å². The molecule has 2 aliphatic carbocycles. The summed E-state index contributed by atoms with van der Waals surface area (Å²) in [5.74, 6) is -0.818. The van der Waals surface area contributed by atoms with Gasteiger partial charge in [-0.15, -0.1) is 5.10 Å². The molecular formula is C23H24FN5O4. The molecule has 0 radical (unpaired) electrons. The number of benzene rings is 1. The lowest BCUT2D eigenvalue weighted by molar-refractivity contribution is -0.136. The van der Waals surface area contributed by atoms with E-state index < -0.39 is 23.7 Å². The van der Waals surface area contributed by atoms with Crippen molar-refractivity contribution in [1.82, 2.24) is 20.4 Å². The van der Waals surface area contributed by atoms with Crippen molar-refractivity contribution in [2.45, 2.75) is 70.0 Å². The summed E-state index contributed by atoms with van der Waals surface area (Å²) in [7, 11) is 0. The van der Waals surface area contributed by atoms with Crippen LogP contribution < -0.4 is 10.6 Å². The monoisotopic (exact) mass is 453 g/mol. The number of imide groups is 1. The van der Waals surface area contributed by atoms with Crippen molar-refractivity contribution >= 4 is 23.7 Å². The van der Waals surface area contributed by atoms with Gasteiger partial charge in [0.25, 0.3) is 5.91 Å². The number of amides is 3. The van der Waals surface area contributed by atoms with E-state index in [4.69, 9.17) is 4.42 Å². The first-order chi connectivity index (χ1) is 15.9. The Labute approximate surface area is 189 Å². The topological polar surface area (TPSA) is 117 Å². The van der Waals surface area contributed by atoms with Crippen LogP contribution in [-0.4, -0.2) is 38.9 Å². The van der Waals surface area contributed by atoms with Gasteiger partial charge in [-0.05, 0) is 55.2 Å². The fourth-order valence-corrected chi connectivity index (χ4v) is 5.67. The van der Waals surface area contributed by atoms with Gasteiger partial charge in [-0.1, -0.05) is 11.5 Å². The molecule has 1 atom stereocenters. The van der Waals surface area contributed by atoms with Crippen LogP contribution >= 0.6 is 0 Å². The van der Waals surface area contributed by atoms with Crippen LogP contribution in [0.2, 0.25) is 0 Å². The highest BCUT2D eigenvalue weighted by molar-refractivity contribution is 6.05. The first kappa shape index (κ1) is 20.3. The summed E-state index contributed by atoms with van der Waals surface area (Å²) in [5.41, 5.74) is 1.58. The predicted molar refractivity (Wildman–Crippen MR) is 112 cm³/mol. The number of carbonyl (C=O) groups is 3. The van der Waals surface area contributed by atoms with E-state index in [1.54, 1.807) is 6.07 Å². The predicted octanol–water partition coefficient (Wildman–Crippen LogP) is 2.63. The van der Waals surface area contributed by atoms with E-state index in [9.17, 15) is 18.8 Å². The van der Waals surface area contributed by atoms with Crippen LogP contribution in [0.5, 0.6) is 0 Å². The molecule has 1 aromatic heterocycles. The molecule has 33 heavy (non-hydrogen) atoms. The Hall–Kier alpha value is -3.30. The van der Waals surface area contributed by atoms with Crippen LogP contribution in [-0.2, 0) is 22.7 Å². The molecule has 4 aliphatic rings. The zero-order chi connectivity index (χ0) is 22.7. The zero-order valence-electron chi connectivity index (χ0n) is 18.0. The molecule has 1 spiro atoms. The molecule has 0 bridgehead atoms. The third kappa shape index (κ3) is 3.39. The number of fused-ring (bicyclic) bond motifs is 1. The molecule has 10 heteroatoms. The molecule has 2 N–H and O–H groups in total. The molecule has 1 saturated heterocycles. The molecule has 3 heterocycles. The van der Waals surface area contributed by atoms with Crippen molar-refractivity contribution < 1.29 is 23.2 Å². The second-order valence-corrected chi connectivity index (χ2v) is 9.76. The number of rotatable bonds is 5. The largest absolute Gasteiger partial charge is 0.408 e. The third-order valence-electron chi connectivity index (χ3n) is 7.67. The zero-order valence-corrected chi connectivity index (χ0v) is 18.0. The first-order valence-corrected chi connectivity index (χ1v) is 11.4. The van der Waals surface area contributed by atoms with E-state index >= 15 is 0 Å². The number of halogens is 1. The van der Waals surface area contributed by atoms with Gasteiger partial charge >= 0.3 is 6.01 Å². The van der Waals surface area contributed by atoms with E-state index in [1.165, 1.54) is 30.2 Å². The van der Waals surface area contributed by atoms with Crippen molar-refractivity contribution in [3.05, 3.63) is 40.5 Å². The minimum Gasteiger partial charge on any atom is -0.408 e. The fraction of sp³-hybridized carbons (Fsp3) is 0.522. The van der Waals surface area contributed by atoms with E-state index in [2.05, 4.69) is 20.8 Å². The molecule has 2 aromatic rings. The summed E-state index contributed by atoms with van der Waals surface area (Å²) in [6.45, 7) is 0.224. The van der Waals surface area contributed by atoms with E-state index in [1.807, 2.05) is 0 Å². The van der Waals surface area contributed by atoms with Crippen LogP contribution in [0.1, 0.15) is 78.2 Å². The summed E-state index contributed by atoms with van der Waals surface area (Å²) in [6, 6.07) is 2.50. The third-order valence-corrected chi connectivity index (χ3v) is 7.67. The Kier molecular flexibility index (Phi) is 4.53. The molecule has 3 fully saturated rings.